The largest absolute Gasteiger partial charge is 0.544 e. The summed E-state index contributed by atoms with van der Waals surface area (Å²) in [6, 6.07) is 19.8. The Morgan fingerprint density at radius 2 is 1.28 bits per heavy atom. The van der Waals surface area contributed by atoms with E-state index in [1.807, 2.05) is 48.5 Å². The summed E-state index contributed by atoms with van der Waals surface area (Å²) in [6.07, 6.45) is 3.56. The van der Waals surface area contributed by atoms with Gasteiger partial charge in [0, 0.05) is 19.5 Å². The fourth-order valence-corrected chi connectivity index (χ4v) is 4.13. The maximum absolute atomic E-state index is 6.45. The predicted octanol–water partition coefficient (Wildman–Crippen LogP) is 5.80. The van der Waals surface area contributed by atoms with E-state index in [9.17, 15) is 0 Å². The SMILES string of the molecule is COC(c1ccc(O[Si](C)(C)C(C)(C)C)cc1)(c1ccccn1)c1ccccn1. The van der Waals surface area contributed by atoms with Crippen molar-refractivity contribution in [2.75, 3.05) is 7.11 Å². The molecule has 0 saturated heterocycles. The highest BCUT2D eigenvalue weighted by molar-refractivity contribution is 6.74. The van der Waals surface area contributed by atoms with E-state index >= 15 is 0 Å². The number of methoxy groups -OCH3 is 1. The second-order valence-electron chi connectivity index (χ2n) is 8.70. The van der Waals surface area contributed by atoms with Crippen LogP contribution in [0.1, 0.15) is 37.7 Å². The first-order chi connectivity index (χ1) is 13.7. The summed E-state index contributed by atoms with van der Waals surface area (Å²) < 4.78 is 12.6. The van der Waals surface area contributed by atoms with Crippen LogP contribution in [0, 0.1) is 0 Å². The van der Waals surface area contributed by atoms with E-state index in [0.29, 0.717) is 0 Å². The molecule has 1 aromatic carbocycles. The molecule has 0 saturated carbocycles. The zero-order chi connectivity index (χ0) is 21.1. The average Bonchev–Trinajstić information content (AvgIpc) is 2.71. The Bertz CT molecular complexity index is 881. The molecule has 0 fully saturated rings. The van der Waals surface area contributed by atoms with Gasteiger partial charge in [0.1, 0.15) is 5.75 Å². The molecular formula is C24H30N2O2Si. The molecule has 0 aliphatic heterocycles. The molecule has 0 bridgehead atoms. The van der Waals surface area contributed by atoms with Crippen LogP contribution in [0.15, 0.2) is 73.1 Å². The summed E-state index contributed by atoms with van der Waals surface area (Å²) in [5.74, 6) is 0.882. The van der Waals surface area contributed by atoms with Crippen molar-refractivity contribution in [1.82, 2.24) is 9.97 Å². The van der Waals surface area contributed by atoms with Crippen LogP contribution >= 0.6 is 0 Å². The molecule has 0 aliphatic rings. The van der Waals surface area contributed by atoms with Gasteiger partial charge in [0.15, 0.2) is 5.60 Å². The molecule has 2 heterocycles. The van der Waals surface area contributed by atoms with Gasteiger partial charge >= 0.3 is 0 Å². The predicted molar refractivity (Wildman–Crippen MR) is 120 cm³/mol. The number of ether oxygens (including phenoxy) is 1. The summed E-state index contributed by atoms with van der Waals surface area (Å²) in [7, 11) is -0.203. The summed E-state index contributed by atoms with van der Waals surface area (Å²) >= 11 is 0. The molecule has 3 aromatic rings. The van der Waals surface area contributed by atoms with Crippen LogP contribution in [-0.4, -0.2) is 25.4 Å². The maximum Gasteiger partial charge on any atom is 0.250 e. The third-order valence-electron chi connectivity index (χ3n) is 5.80. The van der Waals surface area contributed by atoms with Crippen molar-refractivity contribution < 1.29 is 9.16 Å². The van der Waals surface area contributed by atoms with Crippen LogP contribution in [0.3, 0.4) is 0 Å². The summed E-state index contributed by atoms with van der Waals surface area (Å²) in [4.78, 5) is 9.20. The van der Waals surface area contributed by atoms with Gasteiger partial charge in [0.2, 0.25) is 8.32 Å². The number of aromatic nitrogens is 2. The minimum atomic E-state index is -1.90. The smallest absolute Gasteiger partial charge is 0.250 e. The summed E-state index contributed by atoms with van der Waals surface area (Å²) in [5.41, 5.74) is 1.65. The lowest BCUT2D eigenvalue weighted by atomic mass is 9.86. The second kappa shape index (κ2) is 8.09. The molecular weight excluding hydrogens is 376 g/mol. The summed E-state index contributed by atoms with van der Waals surface area (Å²) in [6.45, 7) is 11.2. The van der Waals surface area contributed by atoms with Crippen molar-refractivity contribution >= 4 is 8.32 Å². The minimum absolute atomic E-state index is 0.143. The zero-order valence-corrected chi connectivity index (χ0v) is 19.1. The van der Waals surface area contributed by atoms with E-state index < -0.39 is 13.9 Å². The van der Waals surface area contributed by atoms with Crippen molar-refractivity contribution in [3.63, 3.8) is 0 Å². The number of benzene rings is 1. The Balaban J connectivity index is 2.06. The Morgan fingerprint density at radius 3 is 1.66 bits per heavy atom. The number of hydrogen-bond donors (Lipinski definition) is 0. The van der Waals surface area contributed by atoms with Crippen LogP contribution in [0.2, 0.25) is 18.1 Å². The molecule has 0 spiro atoms. The normalized spacial score (nSPS) is 12.6. The first-order valence-corrected chi connectivity index (χ1v) is 12.8. The highest BCUT2D eigenvalue weighted by atomic mass is 28.4. The molecule has 0 unspecified atom stereocenters. The monoisotopic (exact) mass is 406 g/mol. The first-order valence-electron chi connectivity index (χ1n) is 9.88. The van der Waals surface area contributed by atoms with Crippen molar-refractivity contribution in [1.29, 1.82) is 0 Å². The molecule has 0 N–H and O–H groups in total. The van der Waals surface area contributed by atoms with Crippen molar-refractivity contribution in [3.05, 3.63) is 90.0 Å². The zero-order valence-electron chi connectivity index (χ0n) is 18.1. The molecule has 5 heteroatoms. The third-order valence-corrected chi connectivity index (χ3v) is 10.2. The van der Waals surface area contributed by atoms with Gasteiger partial charge in [0.05, 0.1) is 11.4 Å². The highest BCUT2D eigenvalue weighted by Gasteiger charge is 2.41. The van der Waals surface area contributed by atoms with E-state index in [4.69, 9.17) is 9.16 Å². The lowest BCUT2D eigenvalue weighted by Crippen LogP contribution is -2.43. The van der Waals surface area contributed by atoms with E-state index in [2.05, 4.69) is 56.0 Å². The van der Waals surface area contributed by atoms with E-state index in [1.54, 1.807) is 19.5 Å². The fourth-order valence-electron chi connectivity index (χ4n) is 3.10. The molecule has 4 nitrogen and oxygen atoms in total. The molecule has 3 rings (SSSR count). The van der Waals surface area contributed by atoms with Gasteiger partial charge in [-0.2, -0.15) is 0 Å². The van der Waals surface area contributed by atoms with Crippen LogP contribution in [-0.2, 0) is 10.3 Å². The second-order valence-corrected chi connectivity index (χ2v) is 13.4. The summed E-state index contributed by atoms with van der Waals surface area (Å²) in [5, 5.41) is 0.143. The van der Waals surface area contributed by atoms with Gasteiger partial charge in [-0.15, -0.1) is 0 Å². The maximum atomic E-state index is 6.45. The number of hydrogen-bond acceptors (Lipinski definition) is 4. The van der Waals surface area contributed by atoms with Gasteiger partial charge in [-0.1, -0.05) is 45.0 Å². The molecule has 0 aliphatic carbocycles. The number of rotatable bonds is 6. The van der Waals surface area contributed by atoms with Crippen LogP contribution < -0.4 is 4.43 Å². The Kier molecular flexibility index (Phi) is 5.92. The lowest BCUT2D eigenvalue weighted by Gasteiger charge is -2.37. The van der Waals surface area contributed by atoms with E-state index in [1.165, 1.54) is 0 Å². The fraction of sp³-hybridized carbons (Fsp3) is 0.333. The quantitative estimate of drug-likeness (QED) is 0.485. The number of pyridine rings is 2. The van der Waals surface area contributed by atoms with Gasteiger partial charge in [-0.3, -0.25) is 9.97 Å². The molecule has 0 atom stereocenters. The van der Waals surface area contributed by atoms with Gasteiger partial charge < -0.3 is 9.16 Å². The van der Waals surface area contributed by atoms with Gasteiger partial charge in [-0.05, 0) is 60.1 Å². The Morgan fingerprint density at radius 1 is 0.759 bits per heavy atom. The van der Waals surface area contributed by atoms with Crippen LogP contribution in [0.5, 0.6) is 5.75 Å². The van der Waals surface area contributed by atoms with Crippen LogP contribution in [0.25, 0.3) is 0 Å². The Hall–Kier alpha value is -2.50. The molecule has 152 valence electrons. The minimum Gasteiger partial charge on any atom is -0.544 e. The molecule has 0 radical (unpaired) electrons. The standard InChI is InChI=1S/C24H30N2O2Si/c1-23(2,3)29(5,6)28-20-15-13-19(14-16-20)24(27-4,21-11-7-9-17-25-21)22-12-8-10-18-26-22/h7-18H,1-6H3. The van der Waals surface area contributed by atoms with Gasteiger partial charge in [-0.25, -0.2) is 0 Å². The average molecular weight is 407 g/mol. The number of nitrogens with zero attached hydrogens (tertiary/aromatic N) is 2. The third kappa shape index (κ3) is 4.11. The molecule has 0 amide bonds. The lowest BCUT2D eigenvalue weighted by molar-refractivity contribution is 0.0511. The van der Waals surface area contributed by atoms with Crippen molar-refractivity contribution in [2.24, 2.45) is 0 Å². The molecule has 2 aromatic heterocycles. The van der Waals surface area contributed by atoms with Crippen LogP contribution in [0.4, 0.5) is 0 Å². The topological polar surface area (TPSA) is 44.2 Å². The van der Waals surface area contributed by atoms with E-state index in [-0.39, 0.29) is 5.04 Å². The van der Waals surface area contributed by atoms with E-state index in [0.717, 1.165) is 22.7 Å². The molecule has 29 heavy (non-hydrogen) atoms. The van der Waals surface area contributed by atoms with Crippen molar-refractivity contribution in [3.8, 4) is 5.75 Å². The van der Waals surface area contributed by atoms with Crippen molar-refractivity contribution in [2.45, 2.75) is 44.5 Å². The van der Waals surface area contributed by atoms with Gasteiger partial charge in [0.25, 0.3) is 0 Å². The first kappa shape index (κ1) is 21.2. The highest BCUT2D eigenvalue weighted by Crippen LogP contribution is 2.40. The Labute approximate surface area is 175 Å².